The van der Waals surface area contributed by atoms with Gasteiger partial charge in [0.15, 0.2) is 0 Å². The van der Waals surface area contributed by atoms with E-state index in [1.807, 2.05) is 59.7 Å². The van der Waals surface area contributed by atoms with Gasteiger partial charge in [0.05, 0.1) is 11.1 Å². The summed E-state index contributed by atoms with van der Waals surface area (Å²) in [6.45, 7) is 12.2. The second kappa shape index (κ2) is 13.0. The van der Waals surface area contributed by atoms with Crippen molar-refractivity contribution in [3.8, 4) is 0 Å². The molecule has 0 aliphatic rings. The number of rotatable bonds is 8. The van der Waals surface area contributed by atoms with E-state index in [0.717, 1.165) is 27.9 Å². The number of carbonyl (C=O) groups excluding carboxylic acids is 2. The van der Waals surface area contributed by atoms with Crippen LogP contribution >= 0.6 is 0 Å². The van der Waals surface area contributed by atoms with Crippen molar-refractivity contribution in [1.29, 1.82) is 0 Å². The van der Waals surface area contributed by atoms with Crippen molar-refractivity contribution in [2.24, 2.45) is 0 Å². The van der Waals surface area contributed by atoms with Crippen LogP contribution in [0.3, 0.4) is 0 Å². The molecule has 0 fully saturated rings. The van der Waals surface area contributed by atoms with Crippen LogP contribution in [-0.2, 0) is 24.2 Å². The Balaban J connectivity index is 0.00000195. The standard InChI is InChI=1S/C28H31N5O3.C2H6/c1-6-18-13-29-14-19(7-2)25(18)28(35)30-20-11-21(26-23(12-20)31-24(33-26)15-36-5)27(34)32-22-10-8-9-16(3)17(22)4;1-2/h8-14H,6-7,15H2,1-5H3,(H,30,35)(H,31,33)(H,32,34);1-2H3. The number of benzene rings is 2. The third kappa shape index (κ3) is 6.08. The second-order valence-corrected chi connectivity index (χ2v) is 8.73. The first-order valence-electron chi connectivity index (χ1n) is 13.0. The molecule has 4 aromatic rings. The number of aromatic nitrogens is 3. The maximum Gasteiger partial charge on any atom is 0.258 e. The molecule has 200 valence electrons. The molecule has 3 N–H and O–H groups in total. The number of nitrogens with one attached hydrogen (secondary N) is 3. The maximum absolute atomic E-state index is 13.5. The number of carbonyl (C=O) groups is 2. The summed E-state index contributed by atoms with van der Waals surface area (Å²) in [4.78, 5) is 38.9. The van der Waals surface area contributed by atoms with E-state index in [4.69, 9.17) is 4.74 Å². The molecule has 8 nitrogen and oxygen atoms in total. The van der Waals surface area contributed by atoms with Crippen LogP contribution < -0.4 is 10.6 Å². The van der Waals surface area contributed by atoms with E-state index in [2.05, 4.69) is 25.6 Å². The first kappa shape index (κ1) is 28.5. The average Bonchev–Trinajstić information content (AvgIpc) is 3.33. The molecule has 2 amide bonds. The van der Waals surface area contributed by atoms with E-state index in [-0.39, 0.29) is 18.4 Å². The van der Waals surface area contributed by atoms with Gasteiger partial charge in [-0.3, -0.25) is 14.6 Å². The number of anilines is 2. The van der Waals surface area contributed by atoms with Crippen LogP contribution in [0.15, 0.2) is 42.7 Å². The van der Waals surface area contributed by atoms with Gasteiger partial charge in [-0.25, -0.2) is 4.98 Å². The fraction of sp³-hybridized carbons (Fsp3) is 0.333. The molecule has 4 rings (SSSR count). The van der Waals surface area contributed by atoms with E-state index in [0.29, 0.717) is 46.5 Å². The summed E-state index contributed by atoms with van der Waals surface area (Å²) in [6.07, 6.45) is 4.83. The lowest BCUT2D eigenvalue weighted by atomic mass is 10.00. The van der Waals surface area contributed by atoms with Crippen LogP contribution in [0.1, 0.15) is 76.5 Å². The summed E-state index contributed by atoms with van der Waals surface area (Å²) in [6, 6.07) is 9.22. The fourth-order valence-electron chi connectivity index (χ4n) is 4.27. The lowest BCUT2D eigenvalue weighted by Crippen LogP contribution is -2.18. The van der Waals surface area contributed by atoms with Gasteiger partial charge in [-0.1, -0.05) is 39.8 Å². The normalized spacial score (nSPS) is 10.6. The quantitative estimate of drug-likeness (QED) is 0.252. The van der Waals surface area contributed by atoms with E-state index < -0.39 is 0 Å². The lowest BCUT2D eigenvalue weighted by Gasteiger charge is -2.14. The highest BCUT2D eigenvalue weighted by Gasteiger charge is 2.20. The van der Waals surface area contributed by atoms with E-state index in [1.54, 1.807) is 31.6 Å². The second-order valence-electron chi connectivity index (χ2n) is 8.73. The van der Waals surface area contributed by atoms with Gasteiger partial charge in [-0.05, 0) is 67.1 Å². The van der Waals surface area contributed by atoms with Gasteiger partial charge in [-0.15, -0.1) is 0 Å². The number of amides is 2. The zero-order valence-electron chi connectivity index (χ0n) is 23.3. The topological polar surface area (TPSA) is 109 Å². The van der Waals surface area contributed by atoms with Gasteiger partial charge < -0.3 is 20.4 Å². The highest BCUT2D eigenvalue weighted by atomic mass is 16.5. The largest absolute Gasteiger partial charge is 0.377 e. The van der Waals surface area contributed by atoms with Crippen molar-refractivity contribution in [1.82, 2.24) is 15.0 Å². The molecule has 0 atom stereocenters. The molecule has 8 heteroatoms. The first-order chi connectivity index (χ1) is 18.4. The predicted octanol–water partition coefficient (Wildman–Crippen LogP) is 6.38. The fourth-order valence-corrected chi connectivity index (χ4v) is 4.27. The Bertz CT molecular complexity index is 1420. The predicted molar refractivity (Wildman–Crippen MR) is 153 cm³/mol. The van der Waals surface area contributed by atoms with E-state index in [1.165, 1.54) is 0 Å². The van der Waals surface area contributed by atoms with E-state index >= 15 is 0 Å². The third-order valence-electron chi connectivity index (χ3n) is 6.36. The highest BCUT2D eigenvalue weighted by Crippen LogP contribution is 2.26. The Kier molecular flexibility index (Phi) is 9.73. The summed E-state index contributed by atoms with van der Waals surface area (Å²) in [5.41, 5.74) is 7.17. The molecule has 2 aromatic carbocycles. The number of pyridine rings is 1. The summed E-state index contributed by atoms with van der Waals surface area (Å²) in [5, 5.41) is 6.00. The average molecular weight is 516 g/mol. The molecule has 0 aliphatic carbocycles. The summed E-state index contributed by atoms with van der Waals surface area (Å²) in [7, 11) is 1.58. The Morgan fingerprint density at radius 1 is 0.974 bits per heavy atom. The van der Waals surface area contributed by atoms with Gasteiger partial charge >= 0.3 is 0 Å². The van der Waals surface area contributed by atoms with E-state index in [9.17, 15) is 9.59 Å². The number of hydrogen-bond donors (Lipinski definition) is 3. The monoisotopic (exact) mass is 515 g/mol. The third-order valence-corrected chi connectivity index (χ3v) is 6.36. The van der Waals surface area contributed by atoms with Crippen LogP contribution in [0.5, 0.6) is 0 Å². The summed E-state index contributed by atoms with van der Waals surface area (Å²) >= 11 is 0. The van der Waals surface area contributed by atoms with Crippen LogP contribution in [-0.4, -0.2) is 33.9 Å². The molecule has 2 heterocycles. The van der Waals surface area contributed by atoms with Crippen LogP contribution in [0.4, 0.5) is 11.4 Å². The van der Waals surface area contributed by atoms with Gasteiger partial charge in [-0.2, -0.15) is 0 Å². The minimum absolute atomic E-state index is 0.233. The minimum Gasteiger partial charge on any atom is -0.377 e. The Hall–Kier alpha value is -4.04. The summed E-state index contributed by atoms with van der Waals surface area (Å²) < 4.78 is 5.22. The van der Waals surface area contributed by atoms with Gasteiger partial charge in [0.25, 0.3) is 11.8 Å². The smallest absolute Gasteiger partial charge is 0.258 e. The zero-order chi connectivity index (χ0) is 27.8. The lowest BCUT2D eigenvalue weighted by molar-refractivity contribution is 0.101. The zero-order valence-corrected chi connectivity index (χ0v) is 23.3. The van der Waals surface area contributed by atoms with Gasteiger partial charge in [0.1, 0.15) is 17.9 Å². The number of imidazole rings is 1. The first-order valence-corrected chi connectivity index (χ1v) is 13.0. The van der Waals surface area contributed by atoms with Gasteiger partial charge in [0, 0.05) is 36.4 Å². The molecule has 0 aliphatic heterocycles. The Labute approximate surface area is 224 Å². The molecule has 0 radical (unpaired) electrons. The molecule has 0 saturated heterocycles. The number of nitrogens with zero attached hydrogens (tertiary/aromatic N) is 2. The van der Waals surface area contributed by atoms with Crippen molar-refractivity contribution in [3.05, 3.63) is 81.9 Å². The van der Waals surface area contributed by atoms with Crippen LogP contribution in [0.2, 0.25) is 0 Å². The van der Waals surface area contributed by atoms with Crippen molar-refractivity contribution in [2.75, 3.05) is 17.7 Å². The van der Waals surface area contributed by atoms with Crippen molar-refractivity contribution < 1.29 is 14.3 Å². The molecule has 0 saturated carbocycles. The van der Waals surface area contributed by atoms with Gasteiger partial charge in [0.2, 0.25) is 0 Å². The minimum atomic E-state index is -0.312. The Morgan fingerprint density at radius 2 is 1.66 bits per heavy atom. The molecule has 2 aromatic heterocycles. The number of aryl methyl sites for hydroxylation is 3. The highest BCUT2D eigenvalue weighted by molar-refractivity contribution is 6.14. The number of hydrogen-bond acceptors (Lipinski definition) is 5. The number of aromatic amines is 1. The number of methoxy groups -OCH3 is 1. The molecular weight excluding hydrogens is 478 g/mol. The maximum atomic E-state index is 13.5. The van der Waals surface area contributed by atoms with Crippen LogP contribution in [0, 0.1) is 13.8 Å². The van der Waals surface area contributed by atoms with Crippen LogP contribution in [0.25, 0.3) is 11.0 Å². The molecule has 0 unspecified atom stereocenters. The van der Waals surface area contributed by atoms with Crippen molar-refractivity contribution >= 4 is 34.2 Å². The number of H-pyrrole nitrogens is 1. The molecular formula is C30H37N5O3. The molecule has 38 heavy (non-hydrogen) atoms. The Morgan fingerprint density at radius 3 is 2.29 bits per heavy atom. The molecule has 0 bridgehead atoms. The summed E-state index contributed by atoms with van der Waals surface area (Å²) in [5.74, 6) is 0.0445. The SMILES string of the molecule is CC.CCc1cncc(CC)c1C(=O)Nc1cc(C(=O)Nc2cccc(C)c2C)c2nc(COC)[nH]c2c1. The van der Waals surface area contributed by atoms with Crippen molar-refractivity contribution in [2.45, 2.75) is 61.0 Å². The van der Waals surface area contributed by atoms with Crippen molar-refractivity contribution in [3.63, 3.8) is 0 Å². The number of ether oxygens (including phenoxy) is 1. The molecule has 0 spiro atoms. The number of fused-ring (bicyclic) bond motifs is 1.